The van der Waals surface area contributed by atoms with Crippen molar-refractivity contribution in [1.82, 2.24) is 4.98 Å². The van der Waals surface area contributed by atoms with E-state index in [1.807, 2.05) is 0 Å². The lowest BCUT2D eigenvalue weighted by atomic mass is 9.63. The lowest BCUT2D eigenvalue weighted by Crippen LogP contribution is -2.32. The molecule has 9 aromatic rings. The maximum Gasteiger partial charge on any atom is 0.0715 e. The van der Waals surface area contributed by atoms with Crippen LogP contribution in [0.5, 0.6) is 0 Å². The molecule has 0 N–H and O–H groups in total. The summed E-state index contributed by atoms with van der Waals surface area (Å²) >= 11 is 0. The molecule has 0 radical (unpaired) electrons. The van der Waals surface area contributed by atoms with Crippen LogP contribution in [0.25, 0.3) is 33.6 Å². The van der Waals surface area contributed by atoms with Gasteiger partial charge in [-0.1, -0.05) is 237 Å². The fraction of sp³-hybridized carbons (Fsp3) is 0.0952. The second-order valence-corrected chi connectivity index (χ2v) is 17.2. The summed E-state index contributed by atoms with van der Waals surface area (Å²) in [6.07, 6.45) is 8.19. The van der Waals surface area contributed by atoms with Crippen LogP contribution in [0.2, 0.25) is 0 Å². The molecule has 0 spiro atoms. The molecule has 0 fully saturated rings. The molecule has 1 nitrogen and oxygen atoms in total. The van der Waals surface area contributed by atoms with Crippen LogP contribution >= 0.6 is 0 Å². The molecule has 0 amide bonds. The Morgan fingerprint density at radius 1 is 0.391 bits per heavy atom. The molecule has 308 valence electrons. The van der Waals surface area contributed by atoms with Gasteiger partial charge in [-0.05, 0) is 105 Å². The van der Waals surface area contributed by atoms with Gasteiger partial charge in [-0.2, -0.15) is 0 Å². The van der Waals surface area contributed by atoms with Gasteiger partial charge in [-0.25, -0.2) is 4.98 Å². The highest BCUT2D eigenvalue weighted by molar-refractivity contribution is 5.79. The summed E-state index contributed by atoms with van der Waals surface area (Å²) in [6.45, 7) is 4.49. The van der Waals surface area contributed by atoms with Gasteiger partial charge in [0.25, 0.3) is 0 Å². The Kier molecular flexibility index (Phi) is 11.1. The zero-order valence-electron chi connectivity index (χ0n) is 36.5. The van der Waals surface area contributed by atoms with Crippen molar-refractivity contribution in [3.63, 3.8) is 0 Å². The Morgan fingerprint density at radius 3 is 1.20 bits per heavy atom. The van der Waals surface area contributed by atoms with E-state index in [1.54, 1.807) is 0 Å². The van der Waals surface area contributed by atoms with E-state index < -0.39 is 10.8 Å². The van der Waals surface area contributed by atoms with Crippen molar-refractivity contribution < 1.29 is 0 Å². The monoisotopic (exact) mass is 821 g/mol. The minimum atomic E-state index is -0.581. The van der Waals surface area contributed by atoms with Crippen LogP contribution in [0.4, 0.5) is 0 Å². The first kappa shape index (κ1) is 40.5. The van der Waals surface area contributed by atoms with E-state index in [1.165, 1.54) is 55.6 Å². The zero-order valence-corrected chi connectivity index (χ0v) is 36.5. The van der Waals surface area contributed by atoms with Crippen LogP contribution in [0.3, 0.4) is 0 Å². The maximum atomic E-state index is 5.63. The summed E-state index contributed by atoms with van der Waals surface area (Å²) in [6, 6.07) is 86.3. The normalized spacial score (nSPS) is 13.9. The Labute approximate surface area is 378 Å². The predicted molar refractivity (Wildman–Crippen MR) is 267 cm³/mol. The molecule has 0 aliphatic heterocycles. The average molecular weight is 822 g/mol. The first-order valence-electron chi connectivity index (χ1n) is 22.5. The van der Waals surface area contributed by atoms with Crippen molar-refractivity contribution in [3.05, 3.63) is 305 Å². The Bertz CT molecular complexity index is 2940. The highest BCUT2D eigenvalue weighted by Crippen LogP contribution is 2.49. The van der Waals surface area contributed by atoms with E-state index in [2.05, 4.69) is 269 Å². The lowest BCUT2D eigenvalue weighted by Gasteiger charge is -2.39. The van der Waals surface area contributed by atoms with Crippen molar-refractivity contribution in [3.8, 4) is 33.6 Å². The number of hydrogen-bond acceptors (Lipinski definition) is 1. The van der Waals surface area contributed by atoms with E-state index in [4.69, 9.17) is 4.98 Å². The molecule has 1 atom stereocenters. The molecule has 64 heavy (non-hydrogen) atoms. The third kappa shape index (κ3) is 7.33. The third-order valence-corrected chi connectivity index (χ3v) is 13.2. The molecule has 0 bridgehead atoms. The molecule has 1 heterocycles. The fourth-order valence-electron chi connectivity index (χ4n) is 10.1. The van der Waals surface area contributed by atoms with Gasteiger partial charge in [0.1, 0.15) is 0 Å². The number of pyridine rings is 1. The van der Waals surface area contributed by atoms with Crippen LogP contribution < -0.4 is 0 Å². The summed E-state index contributed by atoms with van der Waals surface area (Å²) in [7, 11) is 0. The first-order valence-corrected chi connectivity index (χ1v) is 22.5. The quantitative estimate of drug-likeness (QED) is 0.118. The molecular weight excluding hydrogens is 771 g/mol. The number of rotatable bonds is 11. The number of aryl methyl sites for hydroxylation is 1. The van der Waals surface area contributed by atoms with Crippen LogP contribution in [-0.4, -0.2) is 4.98 Å². The standard InChI is InChI=1S/C63H51N/c1-46-38-40-56(41-39-46)63(54-31-14-6-15-32-54,55-33-16-7-17-34-55)58-36-21-24-49(43-58)61-45-50(59-37-19-18-22-47(59)2)44-60(64-61)48-23-20-35-57(42-48)62(51-25-8-3-9-26-51,52-27-10-4-11-28-52)53-29-12-5-13-30-53/h3-38,40-46H,39H2,1-2H3. The van der Waals surface area contributed by atoms with Gasteiger partial charge in [0.2, 0.25) is 0 Å². The smallest absolute Gasteiger partial charge is 0.0715 e. The Morgan fingerprint density at radius 2 is 0.781 bits per heavy atom. The molecular formula is C63H51N. The number of benzene rings is 8. The van der Waals surface area contributed by atoms with Gasteiger partial charge in [-0.15, -0.1) is 0 Å². The van der Waals surface area contributed by atoms with Crippen molar-refractivity contribution in [2.45, 2.75) is 31.1 Å². The molecule has 1 aliphatic carbocycles. The molecule has 10 rings (SSSR count). The SMILES string of the molecule is Cc1ccccc1-c1cc(-c2cccc(C(C3=CCC(C)C=C3)(c3ccccc3)c3ccccc3)c2)nc(-c2cccc(C(c3ccccc3)(c3ccccc3)c3ccccc3)c2)c1. The van der Waals surface area contributed by atoms with Crippen molar-refractivity contribution in [2.75, 3.05) is 0 Å². The first-order chi connectivity index (χ1) is 31.5. The molecule has 1 heteroatoms. The van der Waals surface area contributed by atoms with Crippen molar-refractivity contribution in [2.24, 2.45) is 5.92 Å². The number of nitrogens with zero attached hydrogens (tertiary/aromatic N) is 1. The maximum absolute atomic E-state index is 5.63. The van der Waals surface area contributed by atoms with Crippen molar-refractivity contribution >= 4 is 0 Å². The zero-order chi connectivity index (χ0) is 43.4. The summed E-state index contributed by atoms with van der Waals surface area (Å²) in [5, 5.41) is 0. The fourth-order valence-corrected chi connectivity index (χ4v) is 10.1. The number of aromatic nitrogens is 1. The van der Waals surface area contributed by atoms with Gasteiger partial charge < -0.3 is 0 Å². The van der Waals surface area contributed by atoms with E-state index in [9.17, 15) is 0 Å². The average Bonchev–Trinajstić information content (AvgIpc) is 3.37. The van der Waals surface area contributed by atoms with Gasteiger partial charge in [0, 0.05) is 11.1 Å². The molecule has 8 aromatic carbocycles. The molecule has 1 unspecified atom stereocenters. The Balaban J connectivity index is 1.20. The molecule has 0 saturated carbocycles. The van der Waals surface area contributed by atoms with Crippen LogP contribution in [0.1, 0.15) is 57.9 Å². The number of hydrogen-bond donors (Lipinski definition) is 0. The summed E-state index contributed by atoms with van der Waals surface area (Å²) in [4.78, 5) is 5.63. The molecule has 1 aliphatic rings. The van der Waals surface area contributed by atoms with E-state index in [-0.39, 0.29) is 0 Å². The summed E-state index contributed by atoms with van der Waals surface area (Å²) in [5.74, 6) is 0.489. The topological polar surface area (TPSA) is 12.9 Å². The van der Waals surface area contributed by atoms with Crippen LogP contribution in [0, 0.1) is 12.8 Å². The van der Waals surface area contributed by atoms with Gasteiger partial charge >= 0.3 is 0 Å². The highest BCUT2D eigenvalue weighted by Gasteiger charge is 2.41. The third-order valence-electron chi connectivity index (χ3n) is 13.2. The van der Waals surface area contributed by atoms with Crippen LogP contribution in [0.15, 0.2) is 260 Å². The van der Waals surface area contributed by atoms with Crippen LogP contribution in [-0.2, 0) is 10.8 Å². The predicted octanol–water partition coefficient (Wildman–Crippen LogP) is 15.6. The minimum absolute atomic E-state index is 0.489. The Hall–Kier alpha value is -7.61. The molecule has 0 saturated heterocycles. The van der Waals surface area contributed by atoms with Gasteiger partial charge in [0.15, 0.2) is 0 Å². The van der Waals surface area contributed by atoms with E-state index in [0.717, 1.165) is 34.5 Å². The summed E-state index contributed by atoms with van der Waals surface area (Å²) < 4.78 is 0. The minimum Gasteiger partial charge on any atom is -0.248 e. The number of allylic oxidation sites excluding steroid dienone is 4. The lowest BCUT2D eigenvalue weighted by molar-refractivity contribution is 0.683. The highest BCUT2D eigenvalue weighted by atomic mass is 14.7. The van der Waals surface area contributed by atoms with Gasteiger partial charge in [-0.3, -0.25) is 0 Å². The van der Waals surface area contributed by atoms with E-state index in [0.29, 0.717) is 5.92 Å². The van der Waals surface area contributed by atoms with Gasteiger partial charge in [0.05, 0.1) is 22.2 Å². The summed E-state index contributed by atoms with van der Waals surface area (Å²) in [5.41, 5.74) is 16.2. The van der Waals surface area contributed by atoms with E-state index >= 15 is 0 Å². The second-order valence-electron chi connectivity index (χ2n) is 17.2. The van der Waals surface area contributed by atoms with Crippen molar-refractivity contribution in [1.29, 1.82) is 0 Å². The largest absolute Gasteiger partial charge is 0.248 e. The second kappa shape index (κ2) is 17.6. The molecule has 1 aromatic heterocycles.